The van der Waals surface area contributed by atoms with Crippen LogP contribution in [-0.2, 0) is 0 Å². The van der Waals surface area contributed by atoms with Gasteiger partial charge in [-0.2, -0.15) is 0 Å². The molecule has 2 heteroatoms. The van der Waals surface area contributed by atoms with Crippen LogP contribution in [0.1, 0.15) is 108 Å². The molecule has 164 valence electrons. The third-order valence-corrected chi connectivity index (χ3v) is 10.6. The minimum atomic E-state index is 0.236. The zero-order valence-corrected chi connectivity index (χ0v) is 21.3. The zero-order chi connectivity index (χ0) is 21.7. The van der Waals surface area contributed by atoms with E-state index in [1.54, 1.807) is 11.1 Å². The predicted molar refractivity (Wildman–Crippen MR) is 125 cm³/mol. The number of hydrogen-bond donors (Lipinski definition) is 0. The molecule has 2 saturated heterocycles. The molecule has 2 heterocycles. The van der Waals surface area contributed by atoms with Crippen molar-refractivity contribution in [1.29, 1.82) is 0 Å². The van der Waals surface area contributed by atoms with Gasteiger partial charge in [0.2, 0.25) is 0 Å². The largest absolute Gasteiger partial charge is 0.295 e. The number of likely N-dealkylation sites (tertiary alicyclic amines) is 2. The fourth-order valence-corrected chi connectivity index (χ4v) is 6.52. The summed E-state index contributed by atoms with van der Waals surface area (Å²) >= 11 is 0. The smallest absolute Gasteiger partial charge is 0.0243 e. The van der Waals surface area contributed by atoms with E-state index in [0.717, 1.165) is 0 Å². The number of hydrogen-bond acceptors (Lipinski definition) is 2. The van der Waals surface area contributed by atoms with Crippen LogP contribution < -0.4 is 0 Å². The molecule has 0 aromatic carbocycles. The van der Waals surface area contributed by atoms with Crippen LogP contribution in [0.15, 0.2) is 11.1 Å². The molecule has 0 radical (unpaired) electrons. The highest BCUT2D eigenvalue weighted by atomic mass is 15.3. The van der Waals surface area contributed by atoms with E-state index in [-0.39, 0.29) is 22.2 Å². The fourth-order valence-electron chi connectivity index (χ4n) is 6.52. The highest BCUT2D eigenvalue weighted by Crippen LogP contribution is 2.54. The van der Waals surface area contributed by atoms with E-state index in [1.807, 2.05) is 0 Å². The third kappa shape index (κ3) is 3.22. The summed E-state index contributed by atoms with van der Waals surface area (Å²) in [6.45, 7) is 24.6. The molecule has 2 nitrogen and oxygen atoms in total. The van der Waals surface area contributed by atoms with Gasteiger partial charge < -0.3 is 0 Å². The lowest BCUT2D eigenvalue weighted by atomic mass is 9.60. The summed E-state index contributed by atoms with van der Waals surface area (Å²) in [5, 5.41) is 0. The highest BCUT2D eigenvalue weighted by Gasteiger charge is 2.53. The first-order valence-electron chi connectivity index (χ1n) is 12.0. The van der Waals surface area contributed by atoms with Gasteiger partial charge in [0.1, 0.15) is 0 Å². The fraction of sp³-hybridized carbons (Fsp3) is 0.923. The molecule has 0 aliphatic carbocycles. The predicted octanol–water partition coefficient (Wildman–Crippen LogP) is 6.90. The number of rotatable bonds is 4. The van der Waals surface area contributed by atoms with Crippen LogP contribution >= 0.6 is 0 Å². The summed E-state index contributed by atoms with van der Waals surface area (Å²) in [4.78, 5) is 5.46. The van der Waals surface area contributed by atoms with Gasteiger partial charge in [-0.05, 0) is 92.2 Å². The summed E-state index contributed by atoms with van der Waals surface area (Å²) in [5.41, 5.74) is 4.58. The molecule has 0 bridgehead atoms. The van der Waals surface area contributed by atoms with E-state index < -0.39 is 0 Å². The van der Waals surface area contributed by atoms with Gasteiger partial charge in [-0.15, -0.1) is 0 Å². The van der Waals surface area contributed by atoms with Gasteiger partial charge in [0, 0.05) is 22.2 Å². The Kier molecular flexibility index (Phi) is 6.61. The van der Waals surface area contributed by atoms with Crippen LogP contribution in [0.2, 0.25) is 0 Å². The van der Waals surface area contributed by atoms with Crippen LogP contribution in [0.4, 0.5) is 0 Å². The molecule has 0 aromatic heterocycles. The molecular formula is C26H50N2. The van der Waals surface area contributed by atoms with Crippen molar-refractivity contribution in [3.8, 4) is 0 Å². The van der Waals surface area contributed by atoms with Crippen molar-refractivity contribution in [1.82, 2.24) is 9.80 Å². The normalized spacial score (nSPS) is 48.9. The minimum Gasteiger partial charge on any atom is -0.295 e. The van der Waals surface area contributed by atoms with Crippen molar-refractivity contribution in [3.05, 3.63) is 11.1 Å². The zero-order valence-electron chi connectivity index (χ0n) is 21.3. The first kappa shape index (κ1) is 23.9. The highest BCUT2D eigenvalue weighted by molar-refractivity contribution is 5.33. The molecule has 2 fully saturated rings. The van der Waals surface area contributed by atoms with Crippen molar-refractivity contribution in [2.24, 2.45) is 11.8 Å². The summed E-state index contributed by atoms with van der Waals surface area (Å²) in [5.74, 6) is 1.23. The van der Waals surface area contributed by atoms with E-state index in [1.165, 1.54) is 38.5 Å². The van der Waals surface area contributed by atoms with Gasteiger partial charge >= 0.3 is 0 Å². The van der Waals surface area contributed by atoms with Gasteiger partial charge in [-0.25, -0.2) is 0 Å². The van der Waals surface area contributed by atoms with E-state index in [2.05, 4.69) is 93.1 Å². The Labute approximate surface area is 177 Å². The Morgan fingerprint density at radius 3 is 1.14 bits per heavy atom. The van der Waals surface area contributed by atoms with Crippen molar-refractivity contribution in [3.63, 3.8) is 0 Å². The van der Waals surface area contributed by atoms with Gasteiger partial charge in [0.25, 0.3) is 0 Å². The van der Waals surface area contributed by atoms with E-state index in [0.29, 0.717) is 11.8 Å². The molecule has 28 heavy (non-hydrogen) atoms. The van der Waals surface area contributed by atoms with Crippen LogP contribution in [0.5, 0.6) is 0 Å². The molecular weight excluding hydrogens is 340 g/mol. The second kappa shape index (κ2) is 7.73. The summed E-state index contributed by atoms with van der Waals surface area (Å²) in [6.07, 6.45) is 7.32. The summed E-state index contributed by atoms with van der Waals surface area (Å²) in [7, 11) is 4.77. The first-order chi connectivity index (χ1) is 12.8. The molecule has 6 unspecified atom stereocenters. The average molecular weight is 391 g/mol. The van der Waals surface area contributed by atoms with Crippen LogP contribution in [0.25, 0.3) is 0 Å². The molecule has 2 aliphatic heterocycles. The van der Waals surface area contributed by atoms with E-state index in [9.17, 15) is 0 Å². The monoisotopic (exact) mass is 390 g/mol. The van der Waals surface area contributed by atoms with Crippen LogP contribution in [-0.4, -0.2) is 46.1 Å². The standard InChI is InChI=1S/C26H50N2/c1-13-23(7)17-21(19(5)25(9,15-3)27(23)11)22-18-24(8,14-2)28(12)26(10,16-4)20(22)6/h19-20H,13-18H2,1-12H3. The Hall–Kier alpha value is -0.340. The average Bonchev–Trinajstić information content (AvgIpc) is 2.70. The quantitative estimate of drug-likeness (QED) is 0.482. The topological polar surface area (TPSA) is 6.48 Å². The first-order valence-corrected chi connectivity index (χ1v) is 12.0. The van der Waals surface area contributed by atoms with Crippen molar-refractivity contribution in [2.45, 2.75) is 130 Å². The van der Waals surface area contributed by atoms with Crippen LogP contribution in [0, 0.1) is 11.8 Å². The van der Waals surface area contributed by atoms with Gasteiger partial charge in [0.05, 0.1) is 0 Å². The molecule has 0 N–H and O–H groups in total. The minimum absolute atomic E-state index is 0.236. The molecule has 0 spiro atoms. The van der Waals surface area contributed by atoms with Crippen molar-refractivity contribution in [2.75, 3.05) is 14.1 Å². The Balaban J connectivity index is 2.71. The maximum absolute atomic E-state index is 2.73. The molecule has 0 aromatic rings. The lowest BCUT2D eigenvalue weighted by Gasteiger charge is -2.62. The Morgan fingerprint density at radius 1 is 0.643 bits per heavy atom. The molecule has 6 atom stereocenters. The van der Waals surface area contributed by atoms with Gasteiger partial charge in [-0.3, -0.25) is 9.80 Å². The maximum atomic E-state index is 2.73. The Bertz CT molecular complexity index is 558. The van der Waals surface area contributed by atoms with E-state index in [4.69, 9.17) is 0 Å². The van der Waals surface area contributed by atoms with Crippen LogP contribution in [0.3, 0.4) is 0 Å². The van der Waals surface area contributed by atoms with Crippen molar-refractivity contribution >= 4 is 0 Å². The number of nitrogens with zero attached hydrogens (tertiary/aromatic N) is 2. The molecule has 0 amide bonds. The Morgan fingerprint density at radius 2 is 0.929 bits per heavy atom. The summed E-state index contributed by atoms with van der Waals surface area (Å²) < 4.78 is 0. The molecule has 2 aliphatic rings. The lowest BCUT2D eigenvalue weighted by molar-refractivity contribution is -0.0508. The summed E-state index contributed by atoms with van der Waals surface area (Å²) in [6, 6.07) is 0. The molecule has 0 saturated carbocycles. The van der Waals surface area contributed by atoms with E-state index >= 15 is 0 Å². The lowest BCUT2D eigenvalue weighted by Crippen LogP contribution is -2.65. The van der Waals surface area contributed by atoms with Gasteiger partial charge in [0.15, 0.2) is 0 Å². The maximum Gasteiger partial charge on any atom is 0.0243 e. The molecule has 2 rings (SSSR count). The SMILES string of the molecule is CCC1(C)CC(=C2CC(C)(CC)N(C)C(C)(CC)C2C)C(C)C(C)(CC)N1C. The number of piperidine rings is 2. The third-order valence-electron chi connectivity index (χ3n) is 10.6. The van der Waals surface area contributed by atoms with Crippen molar-refractivity contribution < 1.29 is 0 Å². The van der Waals surface area contributed by atoms with Gasteiger partial charge in [-0.1, -0.05) is 52.7 Å². The second-order valence-electron chi connectivity index (χ2n) is 11.1. The second-order valence-corrected chi connectivity index (χ2v) is 11.1.